The fourth-order valence-corrected chi connectivity index (χ4v) is 3.08. The van der Waals surface area contributed by atoms with E-state index < -0.39 is 29.6 Å². The summed E-state index contributed by atoms with van der Waals surface area (Å²) in [7, 11) is 0. The van der Waals surface area contributed by atoms with Crippen molar-refractivity contribution in [2.24, 2.45) is 11.1 Å². The fraction of sp³-hybridized carbons (Fsp3) is 0.158. The van der Waals surface area contributed by atoms with E-state index in [1.54, 1.807) is 24.3 Å². The molecule has 0 bridgehead atoms. The standard InChI is InChI=1S/C19H14N2O5/c1-10-2-4-11(5-3-10)16(23)15-14-17(26-20-15)19(25)21(18(14)24)12-6-8-13(22)9-7-12/h2-9,14,17,22H,1H3/t14-,17-/m0/s1. The monoisotopic (exact) mass is 350 g/mol. The number of hydrogen-bond acceptors (Lipinski definition) is 6. The van der Waals surface area contributed by atoms with Gasteiger partial charge in [0, 0.05) is 5.56 Å². The maximum Gasteiger partial charge on any atom is 0.278 e. The van der Waals surface area contributed by atoms with Crippen LogP contribution in [0.5, 0.6) is 5.75 Å². The number of ketones is 1. The van der Waals surface area contributed by atoms with Crippen molar-refractivity contribution in [2.45, 2.75) is 13.0 Å². The highest BCUT2D eigenvalue weighted by atomic mass is 16.7. The van der Waals surface area contributed by atoms with Crippen LogP contribution in [-0.2, 0) is 14.4 Å². The van der Waals surface area contributed by atoms with Gasteiger partial charge >= 0.3 is 0 Å². The van der Waals surface area contributed by atoms with Crippen LogP contribution in [-0.4, -0.2) is 34.5 Å². The summed E-state index contributed by atoms with van der Waals surface area (Å²) in [6, 6.07) is 12.5. The fourth-order valence-electron chi connectivity index (χ4n) is 3.08. The van der Waals surface area contributed by atoms with Gasteiger partial charge in [-0.2, -0.15) is 0 Å². The van der Waals surface area contributed by atoms with E-state index in [4.69, 9.17) is 4.84 Å². The number of phenolic OH excluding ortho intramolecular Hbond substituents is 1. The Labute approximate surface area is 148 Å². The molecule has 130 valence electrons. The van der Waals surface area contributed by atoms with E-state index in [9.17, 15) is 19.5 Å². The molecule has 2 aromatic rings. The molecule has 0 spiro atoms. The summed E-state index contributed by atoms with van der Waals surface area (Å²) in [5.41, 5.74) is 1.60. The van der Waals surface area contributed by atoms with Gasteiger partial charge in [-0.1, -0.05) is 35.0 Å². The third kappa shape index (κ3) is 2.36. The summed E-state index contributed by atoms with van der Waals surface area (Å²) in [5, 5.41) is 13.1. The number of fused-ring (bicyclic) bond motifs is 1. The number of carbonyl (C=O) groups is 3. The van der Waals surface area contributed by atoms with Crippen molar-refractivity contribution in [3.8, 4) is 5.75 Å². The molecule has 2 aliphatic heterocycles. The normalized spacial score (nSPS) is 21.4. The molecule has 1 N–H and O–H groups in total. The zero-order valence-corrected chi connectivity index (χ0v) is 13.7. The second-order valence-electron chi connectivity index (χ2n) is 6.20. The number of phenols is 1. The first-order valence-corrected chi connectivity index (χ1v) is 7.99. The quantitative estimate of drug-likeness (QED) is 0.673. The number of Topliss-reactive ketones (excluding diaryl/α,β-unsaturated/α-hetero) is 1. The summed E-state index contributed by atoms with van der Waals surface area (Å²) in [5.74, 6) is -2.64. The number of rotatable bonds is 3. The minimum absolute atomic E-state index is 0.0149. The molecule has 1 saturated heterocycles. The number of imide groups is 1. The molecule has 2 amide bonds. The van der Waals surface area contributed by atoms with Gasteiger partial charge < -0.3 is 9.94 Å². The van der Waals surface area contributed by atoms with Gasteiger partial charge in [0.25, 0.3) is 5.91 Å². The molecule has 7 heteroatoms. The van der Waals surface area contributed by atoms with Crippen molar-refractivity contribution in [3.05, 3.63) is 59.7 Å². The number of carbonyl (C=O) groups excluding carboxylic acids is 3. The van der Waals surface area contributed by atoms with Gasteiger partial charge in [-0.05, 0) is 31.2 Å². The second kappa shape index (κ2) is 5.80. The number of aromatic hydroxyl groups is 1. The Kier molecular flexibility index (Phi) is 3.57. The van der Waals surface area contributed by atoms with Gasteiger partial charge in [-0.3, -0.25) is 14.4 Å². The van der Waals surface area contributed by atoms with Gasteiger partial charge in [0.1, 0.15) is 17.4 Å². The Bertz CT molecular complexity index is 947. The van der Waals surface area contributed by atoms with Crippen LogP contribution in [0.25, 0.3) is 0 Å². The maximum absolute atomic E-state index is 12.8. The number of benzene rings is 2. The molecule has 0 unspecified atom stereocenters. The van der Waals surface area contributed by atoms with Crippen molar-refractivity contribution < 1.29 is 24.3 Å². The largest absolute Gasteiger partial charge is 0.508 e. The highest BCUT2D eigenvalue weighted by Crippen LogP contribution is 2.34. The Balaban J connectivity index is 1.65. The number of hydrogen-bond donors (Lipinski definition) is 1. The lowest BCUT2D eigenvalue weighted by Crippen LogP contribution is -2.34. The van der Waals surface area contributed by atoms with E-state index in [1.165, 1.54) is 24.3 Å². The van der Waals surface area contributed by atoms with Crippen LogP contribution >= 0.6 is 0 Å². The number of oxime groups is 1. The zero-order chi connectivity index (χ0) is 18.4. The molecule has 0 aliphatic carbocycles. The predicted molar refractivity (Wildman–Crippen MR) is 91.9 cm³/mol. The molecule has 0 radical (unpaired) electrons. The molecule has 2 aromatic carbocycles. The van der Waals surface area contributed by atoms with Crippen molar-refractivity contribution >= 4 is 29.0 Å². The third-order valence-electron chi connectivity index (χ3n) is 4.47. The van der Waals surface area contributed by atoms with E-state index in [2.05, 4.69) is 5.16 Å². The number of amides is 2. The summed E-state index contributed by atoms with van der Waals surface area (Å²) in [6.45, 7) is 1.90. The molecular weight excluding hydrogens is 336 g/mol. The topological polar surface area (TPSA) is 96.3 Å². The molecule has 2 atom stereocenters. The Hall–Kier alpha value is -3.48. The Morgan fingerprint density at radius 1 is 1.04 bits per heavy atom. The van der Waals surface area contributed by atoms with Crippen LogP contribution in [0.4, 0.5) is 5.69 Å². The van der Waals surface area contributed by atoms with E-state index in [0.29, 0.717) is 11.3 Å². The van der Waals surface area contributed by atoms with Crippen molar-refractivity contribution in [3.63, 3.8) is 0 Å². The number of aryl methyl sites for hydroxylation is 1. The van der Waals surface area contributed by atoms with Crippen molar-refractivity contribution in [2.75, 3.05) is 4.90 Å². The van der Waals surface area contributed by atoms with Crippen molar-refractivity contribution in [1.82, 2.24) is 0 Å². The summed E-state index contributed by atoms with van der Waals surface area (Å²) >= 11 is 0. The molecule has 1 fully saturated rings. The lowest BCUT2D eigenvalue weighted by molar-refractivity contribution is -0.126. The summed E-state index contributed by atoms with van der Waals surface area (Å²) in [6.07, 6.45) is -1.14. The van der Waals surface area contributed by atoms with Gasteiger partial charge in [0.15, 0.2) is 0 Å². The molecule has 26 heavy (non-hydrogen) atoms. The van der Waals surface area contributed by atoms with Crippen LogP contribution < -0.4 is 4.90 Å². The minimum Gasteiger partial charge on any atom is -0.508 e. The average Bonchev–Trinajstić information content (AvgIpc) is 3.17. The van der Waals surface area contributed by atoms with Crippen LogP contribution in [0.1, 0.15) is 15.9 Å². The maximum atomic E-state index is 12.8. The molecule has 2 aliphatic rings. The van der Waals surface area contributed by atoms with Gasteiger partial charge in [0.05, 0.1) is 5.69 Å². The Morgan fingerprint density at radius 2 is 1.69 bits per heavy atom. The zero-order valence-electron chi connectivity index (χ0n) is 13.7. The third-order valence-corrected chi connectivity index (χ3v) is 4.47. The van der Waals surface area contributed by atoms with E-state index in [-0.39, 0.29) is 11.5 Å². The molecule has 2 heterocycles. The number of nitrogens with zero attached hydrogens (tertiary/aromatic N) is 2. The molecule has 4 rings (SSSR count). The lowest BCUT2D eigenvalue weighted by Gasteiger charge is -2.15. The minimum atomic E-state index is -1.14. The molecule has 0 aromatic heterocycles. The highest BCUT2D eigenvalue weighted by molar-refractivity contribution is 6.52. The predicted octanol–water partition coefficient (Wildman–Crippen LogP) is 1.83. The van der Waals surface area contributed by atoms with Crippen LogP contribution in [0.2, 0.25) is 0 Å². The smallest absolute Gasteiger partial charge is 0.278 e. The molecule has 7 nitrogen and oxygen atoms in total. The van der Waals surface area contributed by atoms with Crippen LogP contribution in [0, 0.1) is 12.8 Å². The first-order chi connectivity index (χ1) is 12.5. The SMILES string of the molecule is Cc1ccc(C(=O)C2=NO[C@@H]3C(=O)N(c4ccc(O)cc4)C(=O)[C@@H]23)cc1. The van der Waals surface area contributed by atoms with Gasteiger partial charge in [0.2, 0.25) is 17.8 Å². The van der Waals surface area contributed by atoms with Crippen molar-refractivity contribution in [1.29, 1.82) is 0 Å². The van der Waals surface area contributed by atoms with Crippen LogP contribution in [0.15, 0.2) is 53.7 Å². The second-order valence-corrected chi connectivity index (χ2v) is 6.20. The Morgan fingerprint density at radius 3 is 2.35 bits per heavy atom. The summed E-state index contributed by atoms with van der Waals surface area (Å²) in [4.78, 5) is 44.2. The van der Waals surface area contributed by atoms with Gasteiger partial charge in [-0.25, -0.2) is 4.90 Å². The molecular formula is C19H14N2O5. The molecule has 0 saturated carbocycles. The average molecular weight is 350 g/mol. The van der Waals surface area contributed by atoms with E-state index >= 15 is 0 Å². The first-order valence-electron chi connectivity index (χ1n) is 7.99. The van der Waals surface area contributed by atoms with Gasteiger partial charge in [-0.15, -0.1) is 0 Å². The highest BCUT2D eigenvalue weighted by Gasteiger charge is 2.57. The number of anilines is 1. The van der Waals surface area contributed by atoms with E-state index in [1.807, 2.05) is 6.92 Å². The van der Waals surface area contributed by atoms with E-state index in [0.717, 1.165) is 10.5 Å². The summed E-state index contributed by atoms with van der Waals surface area (Å²) < 4.78 is 0. The van der Waals surface area contributed by atoms with Crippen LogP contribution in [0.3, 0.4) is 0 Å². The first kappa shape index (κ1) is 16.0. The lowest BCUT2D eigenvalue weighted by atomic mass is 9.93.